The molecule has 0 saturated heterocycles. The Morgan fingerprint density at radius 3 is 2.93 bits per heavy atom. The molecule has 0 aromatic carbocycles. The first-order chi connectivity index (χ1) is 6.79. The summed E-state index contributed by atoms with van der Waals surface area (Å²) >= 11 is 5.98. The van der Waals surface area contributed by atoms with Gasteiger partial charge in [0.25, 0.3) is 0 Å². The topological polar surface area (TPSA) is 55.0 Å². The first-order valence-electron chi connectivity index (χ1n) is 4.70. The molecule has 5 heteroatoms. The molecule has 1 aromatic rings. The van der Waals surface area contributed by atoms with Crippen LogP contribution in [0.15, 0.2) is 12.5 Å². The van der Waals surface area contributed by atoms with Crippen molar-refractivity contribution in [3.63, 3.8) is 0 Å². The highest BCUT2D eigenvalue weighted by molar-refractivity contribution is 6.32. The van der Waals surface area contributed by atoms with Gasteiger partial charge in [-0.3, -0.25) is 0 Å². The zero-order chi connectivity index (χ0) is 10.4. The van der Waals surface area contributed by atoms with Gasteiger partial charge in [-0.25, -0.2) is 9.97 Å². The molecular formula is C9H15ClN4. The van der Waals surface area contributed by atoms with Crippen LogP contribution >= 0.6 is 11.6 Å². The molecule has 1 aromatic heterocycles. The second-order valence-corrected chi connectivity index (χ2v) is 3.32. The summed E-state index contributed by atoms with van der Waals surface area (Å²) in [6.07, 6.45) is 4.05. The summed E-state index contributed by atoms with van der Waals surface area (Å²) in [5.41, 5.74) is 5.46. The molecule has 4 nitrogen and oxygen atoms in total. The summed E-state index contributed by atoms with van der Waals surface area (Å²) in [5, 5.41) is 0.589. The fraction of sp³-hybridized carbons (Fsp3) is 0.556. The monoisotopic (exact) mass is 214 g/mol. The van der Waals surface area contributed by atoms with Gasteiger partial charge >= 0.3 is 0 Å². The second kappa shape index (κ2) is 5.78. The number of aromatic nitrogens is 2. The molecular weight excluding hydrogens is 200 g/mol. The summed E-state index contributed by atoms with van der Waals surface area (Å²) in [7, 11) is 0. The molecule has 1 heterocycles. The Balaban J connectivity index is 2.73. The van der Waals surface area contributed by atoms with E-state index in [0.717, 1.165) is 25.3 Å². The molecule has 0 spiro atoms. The van der Waals surface area contributed by atoms with E-state index in [2.05, 4.69) is 21.8 Å². The van der Waals surface area contributed by atoms with Crippen molar-refractivity contribution in [3.05, 3.63) is 17.5 Å². The lowest BCUT2D eigenvalue weighted by molar-refractivity contribution is 0.743. The van der Waals surface area contributed by atoms with Crippen LogP contribution in [0, 0.1) is 0 Å². The van der Waals surface area contributed by atoms with Gasteiger partial charge in [0.2, 0.25) is 0 Å². The second-order valence-electron chi connectivity index (χ2n) is 2.92. The predicted molar refractivity (Wildman–Crippen MR) is 58.6 cm³/mol. The highest BCUT2D eigenvalue weighted by atomic mass is 35.5. The maximum atomic E-state index is 5.98. The number of halogens is 1. The molecule has 14 heavy (non-hydrogen) atoms. The zero-order valence-electron chi connectivity index (χ0n) is 8.28. The van der Waals surface area contributed by atoms with Crippen LogP contribution in [0.3, 0.4) is 0 Å². The predicted octanol–water partition coefficient (Wildman–Crippen LogP) is 1.31. The molecule has 0 radical (unpaired) electrons. The number of nitrogens with two attached hydrogens (primary N) is 1. The minimum atomic E-state index is 0.589. The highest BCUT2D eigenvalue weighted by Crippen LogP contribution is 2.20. The molecule has 0 aliphatic carbocycles. The van der Waals surface area contributed by atoms with Gasteiger partial charge in [0.05, 0.1) is 6.20 Å². The first kappa shape index (κ1) is 11.2. The van der Waals surface area contributed by atoms with Gasteiger partial charge in [0, 0.05) is 13.1 Å². The number of rotatable bonds is 5. The van der Waals surface area contributed by atoms with Gasteiger partial charge < -0.3 is 10.6 Å². The molecule has 78 valence electrons. The quantitative estimate of drug-likeness (QED) is 0.803. The van der Waals surface area contributed by atoms with Crippen molar-refractivity contribution in [2.75, 3.05) is 24.5 Å². The first-order valence-corrected chi connectivity index (χ1v) is 5.08. The number of hydrogen-bond acceptors (Lipinski definition) is 4. The van der Waals surface area contributed by atoms with Crippen molar-refractivity contribution in [2.24, 2.45) is 5.73 Å². The van der Waals surface area contributed by atoms with Crippen molar-refractivity contribution in [2.45, 2.75) is 13.3 Å². The van der Waals surface area contributed by atoms with Crippen molar-refractivity contribution in [3.8, 4) is 0 Å². The Labute approximate surface area is 89.1 Å². The smallest absolute Gasteiger partial charge is 0.150 e. The van der Waals surface area contributed by atoms with E-state index in [0.29, 0.717) is 11.6 Å². The number of nitrogens with zero attached hydrogens (tertiary/aromatic N) is 3. The zero-order valence-corrected chi connectivity index (χ0v) is 9.04. The van der Waals surface area contributed by atoms with Crippen LogP contribution in [0.25, 0.3) is 0 Å². The van der Waals surface area contributed by atoms with Crippen LogP contribution in [0.1, 0.15) is 13.3 Å². The maximum Gasteiger partial charge on any atom is 0.150 e. The van der Waals surface area contributed by atoms with Gasteiger partial charge in [0.1, 0.15) is 11.3 Å². The van der Waals surface area contributed by atoms with Crippen LogP contribution in [0.4, 0.5) is 5.82 Å². The highest BCUT2D eigenvalue weighted by Gasteiger charge is 2.08. The van der Waals surface area contributed by atoms with Crippen molar-refractivity contribution >= 4 is 17.4 Å². The van der Waals surface area contributed by atoms with Crippen molar-refractivity contribution < 1.29 is 0 Å². The average Bonchev–Trinajstić information content (AvgIpc) is 2.21. The van der Waals surface area contributed by atoms with E-state index >= 15 is 0 Å². The van der Waals surface area contributed by atoms with E-state index in [9.17, 15) is 0 Å². The number of hydrogen-bond donors (Lipinski definition) is 1. The molecule has 0 fully saturated rings. The van der Waals surface area contributed by atoms with E-state index in [1.54, 1.807) is 6.20 Å². The van der Waals surface area contributed by atoms with Gasteiger partial charge in [-0.2, -0.15) is 0 Å². The van der Waals surface area contributed by atoms with E-state index in [-0.39, 0.29) is 0 Å². The molecule has 1 rings (SSSR count). The molecule has 0 aliphatic rings. The Morgan fingerprint density at radius 2 is 2.36 bits per heavy atom. The lowest BCUT2D eigenvalue weighted by Gasteiger charge is -2.21. The average molecular weight is 215 g/mol. The van der Waals surface area contributed by atoms with Gasteiger partial charge in [-0.15, -0.1) is 0 Å². The molecule has 0 unspecified atom stereocenters. The Kier molecular flexibility index (Phi) is 4.62. The Morgan fingerprint density at radius 1 is 1.57 bits per heavy atom. The van der Waals surface area contributed by atoms with E-state index in [1.165, 1.54) is 6.33 Å². The van der Waals surface area contributed by atoms with Gasteiger partial charge in [-0.1, -0.05) is 11.6 Å². The SMILES string of the molecule is CCN(CCCN)c1ncncc1Cl. The van der Waals surface area contributed by atoms with Crippen LogP contribution in [0.5, 0.6) is 0 Å². The minimum absolute atomic E-state index is 0.589. The lowest BCUT2D eigenvalue weighted by Crippen LogP contribution is -2.26. The summed E-state index contributed by atoms with van der Waals surface area (Å²) < 4.78 is 0. The van der Waals surface area contributed by atoms with Crippen LogP contribution in [0.2, 0.25) is 5.02 Å². The van der Waals surface area contributed by atoms with Crippen LogP contribution in [-0.4, -0.2) is 29.6 Å². The molecule has 0 amide bonds. The Bertz CT molecular complexity index is 279. The van der Waals surface area contributed by atoms with Crippen molar-refractivity contribution in [1.82, 2.24) is 9.97 Å². The number of anilines is 1. The third-order valence-corrected chi connectivity index (χ3v) is 2.23. The summed E-state index contributed by atoms with van der Waals surface area (Å²) in [5.74, 6) is 0.789. The standard InChI is InChI=1S/C9H15ClN4/c1-2-14(5-3-4-11)9-8(10)6-12-7-13-9/h6-7H,2-5,11H2,1H3. The van der Waals surface area contributed by atoms with Crippen molar-refractivity contribution in [1.29, 1.82) is 0 Å². The van der Waals surface area contributed by atoms with Gasteiger partial charge in [0.15, 0.2) is 5.82 Å². The summed E-state index contributed by atoms with van der Waals surface area (Å²) in [4.78, 5) is 10.1. The third kappa shape index (κ3) is 2.82. The minimum Gasteiger partial charge on any atom is -0.356 e. The summed E-state index contributed by atoms with van der Waals surface area (Å²) in [6, 6.07) is 0. The fourth-order valence-corrected chi connectivity index (χ4v) is 1.46. The third-order valence-electron chi connectivity index (χ3n) is 1.96. The molecule has 0 bridgehead atoms. The van der Waals surface area contributed by atoms with Crippen LogP contribution in [-0.2, 0) is 0 Å². The maximum absolute atomic E-state index is 5.98. The van der Waals surface area contributed by atoms with Gasteiger partial charge in [-0.05, 0) is 19.9 Å². The fourth-order valence-electron chi connectivity index (χ4n) is 1.23. The molecule has 0 atom stereocenters. The van der Waals surface area contributed by atoms with E-state index in [1.807, 2.05) is 0 Å². The molecule has 0 aliphatic heterocycles. The van der Waals surface area contributed by atoms with E-state index in [4.69, 9.17) is 17.3 Å². The van der Waals surface area contributed by atoms with E-state index < -0.39 is 0 Å². The molecule has 0 saturated carbocycles. The summed E-state index contributed by atoms with van der Waals surface area (Å²) in [6.45, 7) is 4.49. The largest absolute Gasteiger partial charge is 0.356 e. The lowest BCUT2D eigenvalue weighted by atomic mass is 10.3. The normalized spacial score (nSPS) is 10.2. The Hall–Kier alpha value is -0.870. The molecule has 2 N–H and O–H groups in total. The van der Waals surface area contributed by atoms with Crippen LogP contribution < -0.4 is 10.6 Å².